The van der Waals surface area contributed by atoms with Crippen LogP contribution >= 0.6 is 11.3 Å². The van der Waals surface area contributed by atoms with Gasteiger partial charge in [0.25, 0.3) is 0 Å². The van der Waals surface area contributed by atoms with Gasteiger partial charge in [0.2, 0.25) is 0 Å². The molecule has 5 heterocycles. The van der Waals surface area contributed by atoms with Crippen molar-refractivity contribution in [3.05, 3.63) is 52.2 Å². The smallest absolute Gasteiger partial charge is 0.152 e. The normalized spacial score (nSPS) is 14.4. The molecule has 0 aromatic carbocycles. The molecule has 5 rings (SSSR count). The molecule has 0 bridgehead atoms. The molecule has 0 saturated carbocycles. The number of ether oxygens (including phenoxy) is 1. The lowest BCUT2D eigenvalue weighted by atomic mass is 10.2. The summed E-state index contributed by atoms with van der Waals surface area (Å²) in [6.45, 7) is 1.55. The summed E-state index contributed by atoms with van der Waals surface area (Å²) in [5.74, 6) is 0. The van der Waals surface area contributed by atoms with E-state index in [-0.39, 0.29) is 0 Å². The third-order valence-electron chi connectivity index (χ3n) is 4.98. The van der Waals surface area contributed by atoms with Crippen molar-refractivity contribution >= 4 is 27.9 Å². The predicted octanol–water partition coefficient (Wildman–Crippen LogP) is 2.02. The highest BCUT2D eigenvalue weighted by Gasteiger charge is 2.21. The first kappa shape index (κ1) is 18.1. The van der Waals surface area contributed by atoms with Crippen LogP contribution in [-0.2, 0) is 45.5 Å². The monoisotopic (exact) mass is 410 g/mol. The molecule has 150 valence electrons. The van der Waals surface area contributed by atoms with Crippen LogP contribution in [0.3, 0.4) is 0 Å². The van der Waals surface area contributed by atoms with E-state index in [1.165, 1.54) is 0 Å². The fourth-order valence-electron chi connectivity index (χ4n) is 3.53. The van der Waals surface area contributed by atoms with Gasteiger partial charge < -0.3 is 9.30 Å². The third-order valence-corrected chi connectivity index (χ3v) is 6.05. The minimum absolute atomic E-state index is 0.420. The Morgan fingerprint density at radius 3 is 2.55 bits per heavy atom. The average molecular weight is 411 g/mol. The largest absolute Gasteiger partial charge is 0.353 e. The van der Waals surface area contributed by atoms with Crippen LogP contribution in [0.1, 0.15) is 27.7 Å². The summed E-state index contributed by atoms with van der Waals surface area (Å²) in [7, 11) is 5.88. The molecule has 0 saturated heterocycles. The molecule has 0 aliphatic carbocycles. The SMILES string of the molecule is Cn1ccc(Cc2nc3c(s2)c2c(n3C)COCN(Cc3ccn(C)n3)N=C2)n1. The standard InChI is InChI=1S/C19H22N8OS/c1-24-6-4-13(22-24)8-17-21-19-18(29-17)15-9-20-27(10-14-5-7-25(2)23-14)12-28-11-16(15)26(19)3/h4-7,9H,8,10-12H2,1-3H3. The zero-order valence-corrected chi connectivity index (χ0v) is 17.4. The van der Waals surface area contributed by atoms with Crippen molar-refractivity contribution in [1.29, 1.82) is 0 Å². The van der Waals surface area contributed by atoms with Gasteiger partial charge in [-0.25, -0.2) is 4.98 Å². The highest BCUT2D eigenvalue weighted by atomic mass is 32.1. The summed E-state index contributed by atoms with van der Waals surface area (Å²) in [5, 5.41) is 16.5. The molecule has 4 aromatic heterocycles. The molecule has 1 aliphatic rings. The average Bonchev–Trinajstić information content (AvgIpc) is 3.41. The number of thiazole rings is 1. The molecule has 0 fully saturated rings. The number of aryl methyl sites for hydroxylation is 3. The van der Waals surface area contributed by atoms with Crippen LogP contribution < -0.4 is 0 Å². The number of rotatable bonds is 4. The molecule has 0 N–H and O–H groups in total. The molecule has 1 aliphatic heterocycles. The van der Waals surface area contributed by atoms with E-state index in [9.17, 15) is 0 Å². The van der Waals surface area contributed by atoms with E-state index in [2.05, 4.69) is 19.9 Å². The number of aromatic nitrogens is 6. The number of hydrogen-bond acceptors (Lipinski definition) is 7. The van der Waals surface area contributed by atoms with Crippen LogP contribution in [0.2, 0.25) is 0 Å². The summed E-state index contributed by atoms with van der Waals surface area (Å²) < 4.78 is 12.8. The van der Waals surface area contributed by atoms with E-state index >= 15 is 0 Å². The van der Waals surface area contributed by atoms with E-state index in [4.69, 9.17) is 9.72 Å². The van der Waals surface area contributed by atoms with Gasteiger partial charge in [-0.3, -0.25) is 14.4 Å². The Labute approximate surface area is 171 Å². The number of hydrogen-bond donors (Lipinski definition) is 0. The Morgan fingerprint density at radius 1 is 1.07 bits per heavy atom. The Bertz CT molecular complexity index is 1200. The summed E-state index contributed by atoms with van der Waals surface area (Å²) in [4.78, 5) is 4.86. The molecule has 0 radical (unpaired) electrons. The lowest BCUT2D eigenvalue weighted by molar-refractivity contribution is 0.0117. The highest BCUT2D eigenvalue weighted by molar-refractivity contribution is 7.19. The molecule has 4 aromatic rings. The van der Waals surface area contributed by atoms with Gasteiger partial charge in [-0.05, 0) is 12.1 Å². The van der Waals surface area contributed by atoms with Crippen LogP contribution in [0, 0.1) is 0 Å². The highest BCUT2D eigenvalue weighted by Crippen LogP contribution is 2.31. The van der Waals surface area contributed by atoms with Crippen molar-refractivity contribution in [1.82, 2.24) is 34.1 Å². The summed E-state index contributed by atoms with van der Waals surface area (Å²) in [6, 6.07) is 4.02. The van der Waals surface area contributed by atoms with Gasteiger partial charge in [0.1, 0.15) is 11.7 Å². The molecular weight excluding hydrogens is 388 g/mol. The van der Waals surface area contributed by atoms with Crippen LogP contribution in [0.4, 0.5) is 0 Å². The number of nitrogens with zero attached hydrogens (tertiary/aromatic N) is 8. The first-order valence-electron chi connectivity index (χ1n) is 9.37. The molecule has 9 nitrogen and oxygen atoms in total. The van der Waals surface area contributed by atoms with Crippen molar-refractivity contribution in [2.45, 2.75) is 19.6 Å². The maximum atomic E-state index is 5.92. The van der Waals surface area contributed by atoms with E-state index in [0.717, 1.165) is 44.4 Å². The van der Waals surface area contributed by atoms with Gasteiger partial charge >= 0.3 is 0 Å². The predicted molar refractivity (Wildman–Crippen MR) is 111 cm³/mol. The van der Waals surface area contributed by atoms with Crippen molar-refractivity contribution in [3.63, 3.8) is 0 Å². The van der Waals surface area contributed by atoms with Gasteiger partial charge in [0, 0.05) is 45.5 Å². The summed E-state index contributed by atoms with van der Waals surface area (Å²) in [5.41, 5.74) is 5.14. The third kappa shape index (κ3) is 3.45. The van der Waals surface area contributed by atoms with Crippen LogP contribution in [-0.4, -0.2) is 47.1 Å². The molecular formula is C19H22N8OS. The molecule has 0 unspecified atom stereocenters. The Balaban J connectivity index is 1.45. The van der Waals surface area contributed by atoms with E-state index < -0.39 is 0 Å². The second kappa shape index (κ2) is 7.12. The lowest BCUT2D eigenvalue weighted by Gasteiger charge is -2.20. The zero-order chi connectivity index (χ0) is 20.0. The first-order chi connectivity index (χ1) is 14.1. The maximum Gasteiger partial charge on any atom is 0.152 e. The van der Waals surface area contributed by atoms with Gasteiger partial charge in [0.15, 0.2) is 5.65 Å². The Kier molecular flexibility index (Phi) is 4.44. The second-order valence-electron chi connectivity index (χ2n) is 7.20. The quantitative estimate of drug-likeness (QED) is 0.514. The van der Waals surface area contributed by atoms with Crippen LogP contribution in [0.25, 0.3) is 10.3 Å². The van der Waals surface area contributed by atoms with Gasteiger partial charge in [0.05, 0.1) is 41.1 Å². The van der Waals surface area contributed by atoms with Gasteiger partial charge in [-0.15, -0.1) is 11.3 Å². The van der Waals surface area contributed by atoms with E-state index in [1.54, 1.807) is 16.0 Å². The van der Waals surface area contributed by atoms with E-state index in [1.807, 2.05) is 61.6 Å². The Hall–Kier alpha value is -2.98. The van der Waals surface area contributed by atoms with Crippen LogP contribution in [0.15, 0.2) is 29.6 Å². The zero-order valence-electron chi connectivity index (χ0n) is 16.6. The first-order valence-corrected chi connectivity index (χ1v) is 10.2. The minimum Gasteiger partial charge on any atom is -0.353 e. The topological polar surface area (TPSA) is 78.3 Å². The van der Waals surface area contributed by atoms with Crippen LogP contribution in [0.5, 0.6) is 0 Å². The minimum atomic E-state index is 0.420. The molecule has 0 spiro atoms. The maximum absolute atomic E-state index is 5.92. The second-order valence-corrected chi connectivity index (χ2v) is 8.29. The molecule has 29 heavy (non-hydrogen) atoms. The molecule has 10 heteroatoms. The van der Waals surface area contributed by atoms with Gasteiger partial charge in [-0.1, -0.05) is 0 Å². The van der Waals surface area contributed by atoms with Gasteiger partial charge in [-0.2, -0.15) is 15.3 Å². The molecule has 0 atom stereocenters. The van der Waals surface area contributed by atoms with Crippen molar-refractivity contribution < 1.29 is 4.74 Å². The fraction of sp³-hybridized carbons (Fsp3) is 0.368. The lowest BCUT2D eigenvalue weighted by Crippen LogP contribution is -2.23. The number of hydrazone groups is 1. The summed E-state index contributed by atoms with van der Waals surface area (Å²) in [6.07, 6.45) is 6.56. The van der Waals surface area contributed by atoms with Crippen molar-refractivity contribution in [3.8, 4) is 0 Å². The summed E-state index contributed by atoms with van der Waals surface area (Å²) >= 11 is 1.70. The number of fused-ring (bicyclic) bond motifs is 3. The van der Waals surface area contributed by atoms with Crippen molar-refractivity contribution in [2.75, 3.05) is 6.73 Å². The fourth-order valence-corrected chi connectivity index (χ4v) is 4.68. The Morgan fingerprint density at radius 2 is 1.83 bits per heavy atom. The van der Waals surface area contributed by atoms with Crippen molar-refractivity contribution in [2.24, 2.45) is 26.2 Å². The van der Waals surface area contributed by atoms with E-state index in [0.29, 0.717) is 19.9 Å². The molecule has 0 amide bonds.